The van der Waals surface area contributed by atoms with Crippen LogP contribution in [0, 0.1) is 5.82 Å². The number of carbonyl (C=O) groups is 1. The lowest BCUT2D eigenvalue weighted by atomic mass is 10.1. The summed E-state index contributed by atoms with van der Waals surface area (Å²) in [6.45, 7) is 2.23. The van der Waals surface area contributed by atoms with Crippen LogP contribution < -0.4 is 11.1 Å². The summed E-state index contributed by atoms with van der Waals surface area (Å²) >= 11 is 5.59. The average molecular weight is 245 g/mol. The Kier molecular flexibility index (Phi) is 4.71. The average Bonchev–Trinajstić information content (AvgIpc) is 2.25. The molecular formula is C11H14ClFN2O. The molecule has 0 heterocycles. The summed E-state index contributed by atoms with van der Waals surface area (Å²) in [7, 11) is 0. The summed E-state index contributed by atoms with van der Waals surface area (Å²) in [5.41, 5.74) is 5.42. The van der Waals surface area contributed by atoms with Gasteiger partial charge in [0.25, 0.3) is 5.91 Å². The normalized spacial score (nSPS) is 12.2. The lowest BCUT2D eigenvalue weighted by Crippen LogP contribution is -2.39. The summed E-state index contributed by atoms with van der Waals surface area (Å²) in [4.78, 5) is 11.7. The van der Waals surface area contributed by atoms with Gasteiger partial charge in [-0.15, -0.1) is 0 Å². The molecule has 0 aliphatic rings. The molecule has 0 aliphatic heterocycles. The molecule has 0 radical (unpaired) electrons. The van der Waals surface area contributed by atoms with Gasteiger partial charge < -0.3 is 11.1 Å². The zero-order chi connectivity index (χ0) is 12.1. The summed E-state index contributed by atoms with van der Waals surface area (Å²) in [5.74, 6) is -1.09. The van der Waals surface area contributed by atoms with E-state index < -0.39 is 11.7 Å². The van der Waals surface area contributed by atoms with Crippen LogP contribution in [0.4, 0.5) is 4.39 Å². The molecular weight excluding hydrogens is 231 g/mol. The molecule has 16 heavy (non-hydrogen) atoms. The first-order valence-electron chi connectivity index (χ1n) is 5.04. The van der Waals surface area contributed by atoms with E-state index in [0.29, 0.717) is 13.0 Å². The van der Waals surface area contributed by atoms with Crippen molar-refractivity contribution in [1.82, 2.24) is 5.32 Å². The third-order valence-corrected chi connectivity index (χ3v) is 2.52. The van der Waals surface area contributed by atoms with Crippen LogP contribution in [-0.2, 0) is 0 Å². The van der Waals surface area contributed by atoms with Crippen molar-refractivity contribution < 1.29 is 9.18 Å². The van der Waals surface area contributed by atoms with Crippen LogP contribution >= 0.6 is 11.6 Å². The van der Waals surface area contributed by atoms with E-state index in [2.05, 4.69) is 5.32 Å². The summed E-state index contributed by atoms with van der Waals surface area (Å²) < 4.78 is 13.4. The number of rotatable bonds is 4. The van der Waals surface area contributed by atoms with Crippen molar-refractivity contribution in [2.24, 2.45) is 5.73 Å². The largest absolute Gasteiger partial charge is 0.348 e. The predicted octanol–water partition coefficient (Wildman–Crippen LogP) is 1.95. The van der Waals surface area contributed by atoms with Gasteiger partial charge in [-0.1, -0.05) is 18.5 Å². The highest BCUT2D eigenvalue weighted by Gasteiger charge is 2.14. The van der Waals surface area contributed by atoms with Gasteiger partial charge in [0.1, 0.15) is 5.82 Å². The highest BCUT2D eigenvalue weighted by atomic mass is 35.5. The number of hydrogen-bond acceptors (Lipinski definition) is 2. The molecule has 5 heteroatoms. The molecule has 0 aliphatic carbocycles. The lowest BCUT2D eigenvalue weighted by Gasteiger charge is -2.14. The van der Waals surface area contributed by atoms with Gasteiger partial charge in [0.2, 0.25) is 0 Å². The van der Waals surface area contributed by atoms with Crippen LogP contribution in [0.3, 0.4) is 0 Å². The molecule has 1 aromatic rings. The summed E-state index contributed by atoms with van der Waals surface area (Å²) in [5, 5.41) is 2.91. The van der Waals surface area contributed by atoms with E-state index in [9.17, 15) is 9.18 Å². The van der Waals surface area contributed by atoms with Gasteiger partial charge in [0.05, 0.1) is 5.56 Å². The quantitative estimate of drug-likeness (QED) is 0.851. The van der Waals surface area contributed by atoms with Gasteiger partial charge in [0.15, 0.2) is 0 Å². The molecule has 0 saturated heterocycles. The number of nitrogens with two attached hydrogens (primary N) is 1. The zero-order valence-corrected chi connectivity index (χ0v) is 9.72. The van der Waals surface area contributed by atoms with E-state index in [1.54, 1.807) is 0 Å². The van der Waals surface area contributed by atoms with E-state index in [1.807, 2.05) is 6.92 Å². The number of carbonyl (C=O) groups excluding carboxylic acids is 1. The molecule has 0 spiro atoms. The molecule has 1 amide bonds. The van der Waals surface area contributed by atoms with Crippen molar-refractivity contribution in [3.8, 4) is 0 Å². The zero-order valence-electron chi connectivity index (χ0n) is 8.97. The standard InChI is InChI=1S/C11H14ClFN2O/c1-2-8(6-14)15-11(16)9-4-3-7(12)5-10(9)13/h3-5,8H,2,6,14H2,1H3,(H,15,16). The maximum absolute atomic E-state index is 13.4. The number of hydrogen-bond donors (Lipinski definition) is 2. The topological polar surface area (TPSA) is 55.1 Å². The fourth-order valence-corrected chi connectivity index (χ4v) is 1.42. The van der Waals surface area contributed by atoms with E-state index >= 15 is 0 Å². The van der Waals surface area contributed by atoms with E-state index in [4.69, 9.17) is 17.3 Å². The van der Waals surface area contributed by atoms with Crippen LogP contribution in [0.1, 0.15) is 23.7 Å². The fraction of sp³-hybridized carbons (Fsp3) is 0.364. The Labute approximate surface area is 98.8 Å². The molecule has 1 unspecified atom stereocenters. The van der Waals surface area contributed by atoms with Crippen LogP contribution in [0.2, 0.25) is 5.02 Å². The molecule has 88 valence electrons. The third-order valence-electron chi connectivity index (χ3n) is 2.29. The van der Waals surface area contributed by atoms with Crippen LogP contribution in [0.5, 0.6) is 0 Å². The predicted molar refractivity (Wildman–Crippen MR) is 62.0 cm³/mol. The maximum atomic E-state index is 13.4. The molecule has 0 bridgehead atoms. The van der Waals surface area contributed by atoms with Crippen LogP contribution in [0.25, 0.3) is 0 Å². The molecule has 1 atom stereocenters. The monoisotopic (exact) mass is 244 g/mol. The van der Waals surface area contributed by atoms with E-state index in [-0.39, 0.29) is 16.6 Å². The highest BCUT2D eigenvalue weighted by molar-refractivity contribution is 6.30. The number of amides is 1. The maximum Gasteiger partial charge on any atom is 0.254 e. The van der Waals surface area contributed by atoms with Gasteiger partial charge in [0, 0.05) is 17.6 Å². The molecule has 0 saturated carbocycles. The lowest BCUT2D eigenvalue weighted by molar-refractivity contribution is 0.0933. The second-order valence-electron chi connectivity index (χ2n) is 3.44. The summed E-state index contributed by atoms with van der Waals surface area (Å²) in [6.07, 6.45) is 0.706. The number of halogens is 2. The smallest absolute Gasteiger partial charge is 0.254 e. The minimum Gasteiger partial charge on any atom is -0.348 e. The Morgan fingerprint density at radius 1 is 1.62 bits per heavy atom. The third kappa shape index (κ3) is 3.18. The second-order valence-corrected chi connectivity index (χ2v) is 3.87. The summed E-state index contributed by atoms with van der Waals surface area (Å²) in [6, 6.07) is 3.81. The molecule has 1 aromatic carbocycles. The van der Waals surface area contributed by atoms with Gasteiger partial charge in [-0.3, -0.25) is 4.79 Å². The van der Waals surface area contributed by atoms with E-state index in [0.717, 1.165) is 6.07 Å². The van der Waals surface area contributed by atoms with Gasteiger partial charge in [-0.05, 0) is 24.6 Å². The van der Waals surface area contributed by atoms with Crippen molar-refractivity contribution in [3.05, 3.63) is 34.6 Å². The molecule has 3 nitrogen and oxygen atoms in total. The number of benzene rings is 1. The van der Waals surface area contributed by atoms with Gasteiger partial charge in [-0.25, -0.2) is 4.39 Å². The first kappa shape index (κ1) is 12.9. The van der Waals surface area contributed by atoms with Gasteiger partial charge >= 0.3 is 0 Å². The Morgan fingerprint density at radius 3 is 2.81 bits per heavy atom. The van der Waals surface area contributed by atoms with Crippen LogP contribution in [-0.4, -0.2) is 18.5 Å². The van der Waals surface area contributed by atoms with Crippen molar-refractivity contribution in [1.29, 1.82) is 0 Å². The van der Waals surface area contributed by atoms with Crippen molar-refractivity contribution >= 4 is 17.5 Å². The SMILES string of the molecule is CCC(CN)NC(=O)c1ccc(Cl)cc1F. The first-order chi connectivity index (χ1) is 7.58. The minimum absolute atomic E-state index is 0.0173. The molecule has 1 rings (SSSR count). The molecule has 3 N–H and O–H groups in total. The highest BCUT2D eigenvalue weighted by Crippen LogP contribution is 2.14. The Bertz CT molecular complexity index is 380. The Hall–Kier alpha value is -1.13. The second kappa shape index (κ2) is 5.82. The van der Waals surface area contributed by atoms with Crippen molar-refractivity contribution in [2.75, 3.05) is 6.54 Å². The number of nitrogens with one attached hydrogen (secondary N) is 1. The Morgan fingerprint density at radius 2 is 2.31 bits per heavy atom. The fourth-order valence-electron chi connectivity index (χ4n) is 1.26. The van der Waals surface area contributed by atoms with Crippen molar-refractivity contribution in [2.45, 2.75) is 19.4 Å². The molecule has 0 aromatic heterocycles. The van der Waals surface area contributed by atoms with Crippen molar-refractivity contribution in [3.63, 3.8) is 0 Å². The molecule has 0 fully saturated rings. The minimum atomic E-state index is -0.628. The first-order valence-corrected chi connectivity index (χ1v) is 5.42. The van der Waals surface area contributed by atoms with Gasteiger partial charge in [-0.2, -0.15) is 0 Å². The Balaban J connectivity index is 2.80. The van der Waals surface area contributed by atoms with Crippen LogP contribution in [0.15, 0.2) is 18.2 Å². The van der Waals surface area contributed by atoms with E-state index in [1.165, 1.54) is 12.1 Å².